The third-order valence-electron chi connectivity index (χ3n) is 1.04. The van der Waals surface area contributed by atoms with E-state index in [4.69, 9.17) is 0 Å². The van der Waals surface area contributed by atoms with Gasteiger partial charge in [-0.1, -0.05) is 6.92 Å². The number of Topliss-reactive ketones (excluding diaryl/α,β-unsaturated/α-hetero) is 1. The summed E-state index contributed by atoms with van der Waals surface area (Å²) in [6.45, 7) is 2.09. The molecule has 40 valence electrons. The third kappa shape index (κ3) is 1.20. The highest BCUT2D eigenvalue weighted by atomic mass is 32.2. The molecule has 1 aliphatic heterocycles. The molecule has 2 heteroatoms. The van der Waals surface area contributed by atoms with E-state index in [1.54, 1.807) is 11.8 Å². The fourth-order valence-electron chi connectivity index (χ4n) is 0.674. The molecule has 1 nitrogen and oxygen atoms in total. The summed E-state index contributed by atoms with van der Waals surface area (Å²) in [6, 6.07) is 0. The van der Waals surface area contributed by atoms with Gasteiger partial charge in [-0.2, -0.15) is 11.8 Å². The lowest BCUT2D eigenvalue weighted by atomic mass is 10.3. The Morgan fingerprint density at radius 2 is 2.57 bits per heavy atom. The third-order valence-corrected chi connectivity index (χ3v) is 2.27. The number of carbonyl (C=O) groups excluding carboxylic acids is 1. The predicted octanol–water partition coefficient (Wildman–Crippen LogP) is 1.08. The normalized spacial score (nSPS) is 31.6. The molecule has 1 atom stereocenters. The van der Waals surface area contributed by atoms with Gasteiger partial charge in [0.25, 0.3) is 0 Å². The highest BCUT2D eigenvalue weighted by Crippen LogP contribution is 2.21. The Labute approximate surface area is 47.5 Å². The van der Waals surface area contributed by atoms with Crippen molar-refractivity contribution < 1.29 is 4.79 Å². The number of hydrogen-bond acceptors (Lipinski definition) is 2. The molecule has 0 aromatic rings. The lowest BCUT2D eigenvalue weighted by Gasteiger charge is -1.89. The fraction of sp³-hybridized carbons (Fsp3) is 0.800. The summed E-state index contributed by atoms with van der Waals surface area (Å²) in [4.78, 5) is 10.4. The maximum absolute atomic E-state index is 10.4. The number of rotatable bonds is 0. The minimum atomic E-state index is 0.414. The first kappa shape index (κ1) is 5.16. The Kier molecular flexibility index (Phi) is 1.38. The summed E-state index contributed by atoms with van der Waals surface area (Å²) in [5.74, 6) is 1.17. The molecule has 0 aromatic heterocycles. The van der Waals surface area contributed by atoms with Crippen LogP contribution in [0.3, 0.4) is 0 Å². The van der Waals surface area contributed by atoms with Crippen molar-refractivity contribution in [3.63, 3.8) is 0 Å². The van der Waals surface area contributed by atoms with E-state index in [2.05, 4.69) is 6.92 Å². The Bertz CT molecular complexity index is 90.1. The quantitative estimate of drug-likeness (QED) is 0.471. The molecule has 0 aromatic carbocycles. The van der Waals surface area contributed by atoms with Crippen LogP contribution in [-0.4, -0.2) is 16.8 Å². The van der Waals surface area contributed by atoms with Crippen LogP contribution in [0.25, 0.3) is 0 Å². The SMILES string of the molecule is C[C@@H]1CC(=O)CS1. The summed E-state index contributed by atoms with van der Waals surface area (Å²) in [7, 11) is 0. The van der Waals surface area contributed by atoms with Gasteiger partial charge in [-0.3, -0.25) is 4.79 Å². The van der Waals surface area contributed by atoms with Gasteiger partial charge in [0.2, 0.25) is 0 Å². The molecular weight excluding hydrogens is 108 g/mol. The van der Waals surface area contributed by atoms with Crippen molar-refractivity contribution in [3.8, 4) is 0 Å². The molecule has 1 aliphatic rings. The van der Waals surface area contributed by atoms with Crippen molar-refractivity contribution in [2.75, 3.05) is 5.75 Å². The molecule has 0 bridgehead atoms. The van der Waals surface area contributed by atoms with Crippen LogP contribution in [0.1, 0.15) is 13.3 Å². The Morgan fingerprint density at radius 3 is 2.71 bits per heavy atom. The number of carbonyl (C=O) groups is 1. The smallest absolute Gasteiger partial charge is 0.143 e. The van der Waals surface area contributed by atoms with Crippen LogP contribution in [0.15, 0.2) is 0 Å². The predicted molar refractivity (Wildman–Crippen MR) is 31.5 cm³/mol. The van der Waals surface area contributed by atoms with E-state index in [1.807, 2.05) is 0 Å². The second-order valence-electron chi connectivity index (χ2n) is 1.86. The molecule has 0 unspecified atom stereocenters. The van der Waals surface area contributed by atoms with Crippen LogP contribution < -0.4 is 0 Å². The van der Waals surface area contributed by atoms with Crippen molar-refractivity contribution in [2.24, 2.45) is 0 Å². The summed E-state index contributed by atoms with van der Waals surface area (Å²) in [5.41, 5.74) is 0. The fourth-order valence-corrected chi connectivity index (χ4v) is 1.57. The molecule has 1 heterocycles. The molecule has 0 saturated carbocycles. The van der Waals surface area contributed by atoms with Gasteiger partial charge in [-0.15, -0.1) is 0 Å². The van der Waals surface area contributed by atoms with Crippen molar-refractivity contribution in [1.82, 2.24) is 0 Å². The molecule has 0 aliphatic carbocycles. The van der Waals surface area contributed by atoms with E-state index in [1.165, 1.54) is 0 Å². The minimum Gasteiger partial charge on any atom is -0.299 e. The average Bonchev–Trinajstić information content (AvgIpc) is 1.87. The molecule has 0 N–H and O–H groups in total. The lowest BCUT2D eigenvalue weighted by molar-refractivity contribution is -0.116. The highest BCUT2D eigenvalue weighted by Gasteiger charge is 2.17. The van der Waals surface area contributed by atoms with Gasteiger partial charge in [0.05, 0.1) is 5.75 Å². The molecule has 7 heavy (non-hydrogen) atoms. The van der Waals surface area contributed by atoms with Crippen molar-refractivity contribution in [3.05, 3.63) is 0 Å². The van der Waals surface area contributed by atoms with Gasteiger partial charge in [0.15, 0.2) is 0 Å². The zero-order valence-electron chi connectivity index (χ0n) is 4.31. The molecule has 1 saturated heterocycles. The van der Waals surface area contributed by atoms with Gasteiger partial charge in [0.1, 0.15) is 5.78 Å². The van der Waals surface area contributed by atoms with E-state index in [-0.39, 0.29) is 0 Å². The van der Waals surface area contributed by atoms with Crippen LogP contribution >= 0.6 is 11.8 Å². The maximum atomic E-state index is 10.4. The van der Waals surface area contributed by atoms with Gasteiger partial charge < -0.3 is 0 Å². The van der Waals surface area contributed by atoms with Crippen molar-refractivity contribution >= 4 is 17.5 Å². The average molecular weight is 116 g/mol. The number of hydrogen-bond donors (Lipinski definition) is 0. The van der Waals surface area contributed by atoms with Crippen molar-refractivity contribution in [1.29, 1.82) is 0 Å². The summed E-state index contributed by atoms with van der Waals surface area (Å²) in [5, 5.41) is 0.590. The topological polar surface area (TPSA) is 17.1 Å². The number of thioether (sulfide) groups is 1. The first-order chi connectivity index (χ1) is 3.29. The second-order valence-corrected chi connectivity index (χ2v) is 3.29. The molecule has 0 radical (unpaired) electrons. The molecule has 0 amide bonds. The molecule has 1 fully saturated rings. The highest BCUT2D eigenvalue weighted by molar-refractivity contribution is 8.01. The van der Waals surface area contributed by atoms with Crippen LogP contribution in [0.5, 0.6) is 0 Å². The molecule has 0 spiro atoms. The minimum absolute atomic E-state index is 0.414. The Morgan fingerprint density at radius 1 is 1.86 bits per heavy atom. The first-order valence-corrected chi connectivity index (χ1v) is 3.47. The largest absolute Gasteiger partial charge is 0.299 e. The summed E-state index contributed by atoms with van der Waals surface area (Å²) >= 11 is 1.76. The van der Waals surface area contributed by atoms with Gasteiger partial charge in [-0.25, -0.2) is 0 Å². The Balaban J connectivity index is 2.40. The van der Waals surface area contributed by atoms with E-state index in [0.717, 1.165) is 12.2 Å². The lowest BCUT2D eigenvalue weighted by Crippen LogP contribution is -1.93. The zero-order chi connectivity index (χ0) is 5.28. The van der Waals surface area contributed by atoms with E-state index in [9.17, 15) is 4.79 Å². The number of ketones is 1. The monoisotopic (exact) mass is 116 g/mol. The van der Waals surface area contributed by atoms with Crippen molar-refractivity contribution in [2.45, 2.75) is 18.6 Å². The van der Waals surface area contributed by atoms with Crippen LogP contribution in [0.4, 0.5) is 0 Å². The molecular formula is C5H8OS. The van der Waals surface area contributed by atoms with E-state index < -0.39 is 0 Å². The van der Waals surface area contributed by atoms with E-state index in [0.29, 0.717) is 11.0 Å². The van der Waals surface area contributed by atoms with Crippen LogP contribution in [0, 0.1) is 0 Å². The maximum Gasteiger partial charge on any atom is 0.143 e. The Hall–Kier alpha value is 0.0200. The van der Waals surface area contributed by atoms with Gasteiger partial charge in [-0.05, 0) is 0 Å². The first-order valence-electron chi connectivity index (χ1n) is 2.42. The standard InChI is InChI=1S/C5H8OS/c1-4-2-5(6)3-7-4/h4H,2-3H2,1H3/t4-/m1/s1. The van der Waals surface area contributed by atoms with Gasteiger partial charge >= 0.3 is 0 Å². The zero-order valence-corrected chi connectivity index (χ0v) is 5.12. The van der Waals surface area contributed by atoms with Crippen LogP contribution in [-0.2, 0) is 4.79 Å². The summed E-state index contributed by atoms with van der Waals surface area (Å²) in [6.07, 6.45) is 0.796. The van der Waals surface area contributed by atoms with Gasteiger partial charge in [0, 0.05) is 11.7 Å². The van der Waals surface area contributed by atoms with E-state index >= 15 is 0 Å². The summed E-state index contributed by atoms with van der Waals surface area (Å²) < 4.78 is 0. The van der Waals surface area contributed by atoms with Crippen LogP contribution in [0.2, 0.25) is 0 Å². The second kappa shape index (κ2) is 1.86. The molecule has 1 rings (SSSR count).